The van der Waals surface area contributed by atoms with Crippen molar-refractivity contribution in [2.75, 3.05) is 6.54 Å². The van der Waals surface area contributed by atoms with Crippen molar-refractivity contribution in [3.63, 3.8) is 0 Å². The van der Waals surface area contributed by atoms with Crippen LogP contribution >= 0.6 is 0 Å². The van der Waals surface area contributed by atoms with Crippen LogP contribution in [0.5, 0.6) is 0 Å². The molecule has 0 aliphatic rings. The summed E-state index contributed by atoms with van der Waals surface area (Å²) in [4.78, 5) is 16.0. The molecule has 0 aliphatic heterocycles. The van der Waals surface area contributed by atoms with E-state index in [-0.39, 0.29) is 11.5 Å². The highest BCUT2D eigenvalue weighted by Gasteiger charge is 2.14. The Morgan fingerprint density at radius 1 is 1.09 bits per heavy atom. The van der Waals surface area contributed by atoms with E-state index in [1.165, 1.54) is 11.1 Å². The molecule has 0 aliphatic carbocycles. The van der Waals surface area contributed by atoms with Gasteiger partial charge in [-0.15, -0.1) is 0 Å². The minimum Gasteiger partial charge on any atom is -0.361 e. The van der Waals surface area contributed by atoms with Crippen molar-refractivity contribution in [3.8, 4) is 11.8 Å². The van der Waals surface area contributed by atoms with Crippen LogP contribution in [0, 0.1) is 39.0 Å². The highest BCUT2D eigenvalue weighted by Crippen LogP contribution is 2.24. The summed E-state index contributed by atoms with van der Waals surface area (Å²) in [5.41, 5.74) is 8.73. The Balaban J connectivity index is 1.51. The molecule has 2 N–H and O–H groups in total. The van der Waals surface area contributed by atoms with E-state index < -0.39 is 0 Å². The van der Waals surface area contributed by atoms with Crippen LogP contribution in [0.15, 0.2) is 60.3 Å². The van der Waals surface area contributed by atoms with Crippen molar-refractivity contribution < 1.29 is 4.79 Å². The van der Waals surface area contributed by atoms with Gasteiger partial charge in [-0.2, -0.15) is 5.26 Å². The number of aromatic nitrogens is 2. The van der Waals surface area contributed by atoms with Crippen LogP contribution in [0.25, 0.3) is 22.7 Å². The van der Waals surface area contributed by atoms with Gasteiger partial charge in [0.25, 0.3) is 5.91 Å². The first-order chi connectivity index (χ1) is 15.9. The standard InChI is InChI=1S/C28H28N4O/c1-18-11-19(2)13-25(12-18)32-20(3)14-23(21(32)4)15-24(16-29)28(33)30-10-9-22-17-31-27-8-6-5-7-26(22)27/h5-8,11-15,17,31H,9-10H2,1-4H3,(H,30,33)/b24-15-. The zero-order chi connectivity index (χ0) is 23.5. The zero-order valence-corrected chi connectivity index (χ0v) is 19.5. The first kappa shape index (κ1) is 22.2. The molecule has 4 rings (SSSR count). The van der Waals surface area contributed by atoms with Crippen molar-refractivity contribution in [2.45, 2.75) is 34.1 Å². The van der Waals surface area contributed by atoms with Crippen molar-refractivity contribution >= 4 is 22.9 Å². The maximum atomic E-state index is 12.7. The van der Waals surface area contributed by atoms with Crippen LogP contribution in [-0.2, 0) is 11.2 Å². The molecule has 2 aromatic carbocycles. The summed E-state index contributed by atoms with van der Waals surface area (Å²) in [6, 6.07) is 18.6. The second-order valence-corrected chi connectivity index (χ2v) is 8.54. The number of nitriles is 1. The minimum absolute atomic E-state index is 0.106. The van der Waals surface area contributed by atoms with Gasteiger partial charge in [0.05, 0.1) is 0 Å². The number of hydrogen-bond donors (Lipinski definition) is 2. The molecule has 2 aromatic heterocycles. The summed E-state index contributed by atoms with van der Waals surface area (Å²) in [6.07, 6.45) is 4.35. The molecule has 0 saturated heterocycles. The smallest absolute Gasteiger partial charge is 0.261 e. The van der Waals surface area contributed by atoms with Crippen LogP contribution in [-0.4, -0.2) is 22.0 Å². The maximum absolute atomic E-state index is 12.7. The third-order valence-electron chi connectivity index (χ3n) is 5.95. The predicted molar refractivity (Wildman–Crippen MR) is 133 cm³/mol. The Bertz CT molecular complexity index is 1390. The molecule has 33 heavy (non-hydrogen) atoms. The van der Waals surface area contributed by atoms with E-state index in [1.807, 2.05) is 44.3 Å². The fourth-order valence-corrected chi connectivity index (χ4v) is 4.46. The highest BCUT2D eigenvalue weighted by molar-refractivity contribution is 6.01. The molecule has 0 unspecified atom stereocenters. The first-order valence-electron chi connectivity index (χ1n) is 11.1. The van der Waals surface area contributed by atoms with E-state index in [0.29, 0.717) is 13.0 Å². The average molecular weight is 437 g/mol. The van der Waals surface area contributed by atoms with Gasteiger partial charge >= 0.3 is 0 Å². The number of nitrogens with zero attached hydrogens (tertiary/aromatic N) is 2. The van der Waals surface area contributed by atoms with Gasteiger partial charge in [-0.25, -0.2) is 0 Å². The maximum Gasteiger partial charge on any atom is 0.261 e. The Hall–Kier alpha value is -4.04. The minimum atomic E-state index is -0.353. The van der Waals surface area contributed by atoms with Crippen molar-refractivity contribution in [3.05, 3.63) is 93.9 Å². The van der Waals surface area contributed by atoms with Gasteiger partial charge in [-0.05, 0) is 86.7 Å². The molecular weight excluding hydrogens is 408 g/mol. The second-order valence-electron chi connectivity index (χ2n) is 8.54. The van der Waals surface area contributed by atoms with Gasteiger partial charge in [0.2, 0.25) is 0 Å². The molecule has 0 saturated carbocycles. The Morgan fingerprint density at radius 2 is 1.82 bits per heavy atom. The highest BCUT2D eigenvalue weighted by atomic mass is 16.1. The number of rotatable bonds is 6. The van der Waals surface area contributed by atoms with E-state index in [4.69, 9.17) is 0 Å². The predicted octanol–water partition coefficient (Wildman–Crippen LogP) is 5.46. The van der Waals surface area contributed by atoms with Gasteiger partial charge in [0.15, 0.2) is 0 Å². The van der Waals surface area contributed by atoms with Gasteiger partial charge in [-0.3, -0.25) is 4.79 Å². The van der Waals surface area contributed by atoms with E-state index >= 15 is 0 Å². The number of amides is 1. The zero-order valence-electron chi connectivity index (χ0n) is 19.5. The van der Waals surface area contributed by atoms with E-state index in [1.54, 1.807) is 6.08 Å². The van der Waals surface area contributed by atoms with Crippen LogP contribution in [0.3, 0.4) is 0 Å². The lowest BCUT2D eigenvalue weighted by Gasteiger charge is -2.12. The summed E-state index contributed by atoms with van der Waals surface area (Å²) in [7, 11) is 0. The number of nitrogens with one attached hydrogen (secondary N) is 2. The molecule has 0 radical (unpaired) electrons. The molecule has 5 nitrogen and oxygen atoms in total. The molecular formula is C28H28N4O. The average Bonchev–Trinajstić information content (AvgIpc) is 3.31. The molecule has 2 heterocycles. The van der Waals surface area contributed by atoms with Crippen LogP contribution in [0.1, 0.15) is 33.6 Å². The topological polar surface area (TPSA) is 73.6 Å². The number of fused-ring (bicyclic) bond motifs is 1. The van der Waals surface area contributed by atoms with E-state index in [9.17, 15) is 10.1 Å². The summed E-state index contributed by atoms with van der Waals surface area (Å²) in [5.74, 6) is -0.353. The number of carbonyl (C=O) groups is 1. The number of aryl methyl sites for hydroxylation is 3. The molecule has 5 heteroatoms. The number of benzene rings is 2. The molecule has 0 fully saturated rings. The normalized spacial score (nSPS) is 11.5. The van der Waals surface area contributed by atoms with Crippen molar-refractivity contribution in [1.82, 2.24) is 14.9 Å². The van der Waals surface area contributed by atoms with Gasteiger partial charge in [-0.1, -0.05) is 24.3 Å². The third-order valence-corrected chi connectivity index (χ3v) is 5.95. The lowest BCUT2D eigenvalue weighted by atomic mass is 10.1. The largest absolute Gasteiger partial charge is 0.361 e. The van der Waals surface area contributed by atoms with Gasteiger partial charge in [0, 0.05) is 40.7 Å². The molecule has 0 spiro atoms. The summed E-state index contributed by atoms with van der Waals surface area (Å²) >= 11 is 0. The van der Waals surface area contributed by atoms with Crippen LogP contribution in [0.2, 0.25) is 0 Å². The molecule has 166 valence electrons. The summed E-state index contributed by atoms with van der Waals surface area (Å²) in [5, 5.41) is 13.7. The lowest BCUT2D eigenvalue weighted by Crippen LogP contribution is -2.26. The number of H-pyrrole nitrogens is 1. The molecule has 0 atom stereocenters. The Labute approximate surface area is 194 Å². The fourth-order valence-electron chi connectivity index (χ4n) is 4.46. The van der Waals surface area contributed by atoms with Crippen LogP contribution in [0.4, 0.5) is 0 Å². The summed E-state index contributed by atoms with van der Waals surface area (Å²) < 4.78 is 2.16. The quantitative estimate of drug-likeness (QED) is 0.311. The SMILES string of the molecule is Cc1cc(C)cc(-n2c(C)cc(/C=C(/C#N)C(=O)NCCc3c[nH]c4ccccc34)c2C)c1. The summed E-state index contributed by atoms with van der Waals surface area (Å²) in [6.45, 7) is 8.68. The second kappa shape index (κ2) is 9.22. The Morgan fingerprint density at radius 3 is 2.55 bits per heavy atom. The molecule has 4 aromatic rings. The lowest BCUT2D eigenvalue weighted by molar-refractivity contribution is -0.117. The first-order valence-corrected chi connectivity index (χ1v) is 11.1. The molecule has 0 bridgehead atoms. The number of para-hydroxylation sites is 1. The van der Waals surface area contributed by atoms with E-state index in [2.05, 4.69) is 59.1 Å². The number of aromatic amines is 1. The monoisotopic (exact) mass is 436 g/mol. The van der Waals surface area contributed by atoms with E-state index in [0.717, 1.165) is 39.1 Å². The third kappa shape index (κ3) is 4.61. The Kier molecular flexibility index (Phi) is 6.19. The fraction of sp³-hybridized carbons (Fsp3) is 0.214. The van der Waals surface area contributed by atoms with Crippen molar-refractivity contribution in [1.29, 1.82) is 5.26 Å². The van der Waals surface area contributed by atoms with Crippen LogP contribution < -0.4 is 5.32 Å². The van der Waals surface area contributed by atoms with Crippen molar-refractivity contribution in [2.24, 2.45) is 0 Å². The number of carbonyl (C=O) groups excluding carboxylic acids is 1. The van der Waals surface area contributed by atoms with Gasteiger partial charge in [0.1, 0.15) is 11.6 Å². The number of hydrogen-bond acceptors (Lipinski definition) is 2. The van der Waals surface area contributed by atoms with Gasteiger partial charge < -0.3 is 14.9 Å². The molecule has 1 amide bonds.